The minimum atomic E-state index is -4.37. The van der Waals surface area contributed by atoms with Crippen LogP contribution < -0.4 is 10.2 Å². The number of carbonyl (C=O) groups is 1. The normalized spacial score (nSPS) is 17.9. The van der Waals surface area contributed by atoms with E-state index in [9.17, 15) is 18.0 Å². The van der Waals surface area contributed by atoms with Crippen molar-refractivity contribution in [3.63, 3.8) is 0 Å². The molecule has 1 saturated heterocycles. The lowest BCUT2D eigenvalue weighted by Crippen LogP contribution is -2.44. The summed E-state index contributed by atoms with van der Waals surface area (Å²) in [6, 6.07) is 2.57. The summed E-state index contributed by atoms with van der Waals surface area (Å²) < 4.78 is 37.7. The number of nitrogens with zero attached hydrogens (tertiary/aromatic N) is 2. The summed E-state index contributed by atoms with van der Waals surface area (Å²) in [5, 5.41) is 3.03. The number of halogens is 3. The van der Waals surface area contributed by atoms with Gasteiger partial charge in [-0.05, 0) is 37.8 Å². The van der Waals surface area contributed by atoms with Gasteiger partial charge in [0.15, 0.2) is 0 Å². The second-order valence-corrected chi connectivity index (χ2v) is 6.71. The summed E-state index contributed by atoms with van der Waals surface area (Å²) in [4.78, 5) is 18.1. The molecule has 1 fully saturated rings. The van der Waals surface area contributed by atoms with E-state index in [0.29, 0.717) is 37.7 Å². The Labute approximate surface area is 140 Å². The molecular weight excluding hydrogens is 319 g/mol. The van der Waals surface area contributed by atoms with Crippen LogP contribution >= 0.6 is 0 Å². The van der Waals surface area contributed by atoms with Crippen molar-refractivity contribution in [3.05, 3.63) is 23.9 Å². The summed E-state index contributed by atoms with van der Waals surface area (Å²) >= 11 is 0. The van der Waals surface area contributed by atoms with Crippen molar-refractivity contribution in [2.45, 2.75) is 45.8 Å². The molecule has 7 heteroatoms. The van der Waals surface area contributed by atoms with Gasteiger partial charge < -0.3 is 10.2 Å². The Morgan fingerprint density at radius 2 is 1.88 bits per heavy atom. The Bertz CT molecular complexity index is 549. The lowest BCUT2D eigenvalue weighted by atomic mass is 9.95. The highest BCUT2D eigenvalue weighted by atomic mass is 19.4. The van der Waals surface area contributed by atoms with Gasteiger partial charge in [-0.2, -0.15) is 13.2 Å². The number of hydrogen-bond donors (Lipinski definition) is 1. The zero-order chi connectivity index (χ0) is 17.9. The van der Waals surface area contributed by atoms with Gasteiger partial charge in [-0.25, -0.2) is 4.98 Å². The number of piperidine rings is 1. The average Bonchev–Trinajstić information content (AvgIpc) is 2.54. The molecule has 0 aliphatic carbocycles. The van der Waals surface area contributed by atoms with Crippen LogP contribution in [0.2, 0.25) is 0 Å². The zero-order valence-corrected chi connectivity index (χ0v) is 14.2. The van der Waals surface area contributed by atoms with Crippen LogP contribution in [0.25, 0.3) is 0 Å². The highest BCUT2D eigenvalue weighted by Crippen LogP contribution is 2.30. The molecule has 134 valence electrons. The van der Waals surface area contributed by atoms with Crippen LogP contribution in [0.3, 0.4) is 0 Å². The third-order valence-electron chi connectivity index (χ3n) is 4.63. The number of amides is 1. The van der Waals surface area contributed by atoms with Gasteiger partial charge in [0.25, 0.3) is 0 Å². The van der Waals surface area contributed by atoms with Crippen molar-refractivity contribution in [2.24, 2.45) is 11.8 Å². The van der Waals surface area contributed by atoms with Crippen LogP contribution in [0.15, 0.2) is 18.3 Å². The molecule has 4 nitrogen and oxygen atoms in total. The SMILES string of the molecule is CC(C)[C@H](C)NC(=O)C1CCN(c2ccc(C(F)(F)F)cn2)CC1. The van der Waals surface area contributed by atoms with Gasteiger partial charge >= 0.3 is 6.18 Å². The Balaban J connectivity index is 1.89. The van der Waals surface area contributed by atoms with Crippen molar-refractivity contribution in [3.8, 4) is 0 Å². The Morgan fingerprint density at radius 1 is 1.25 bits per heavy atom. The van der Waals surface area contributed by atoms with Gasteiger partial charge in [0.05, 0.1) is 5.56 Å². The molecule has 1 aromatic rings. The molecule has 0 bridgehead atoms. The summed E-state index contributed by atoms with van der Waals surface area (Å²) in [5.74, 6) is 0.927. The third kappa shape index (κ3) is 4.61. The van der Waals surface area contributed by atoms with Crippen molar-refractivity contribution >= 4 is 11.7 Å². The van der Waals surface area contributed by atoms with Crippen LogP contribution in [0.5, 0.6) is 0 Å². The molecule has 1 aromatic heterocycles. The number of anilines is 1. The molecule has 24 heavy (non-hydrogen) atoms. The van der Waals surface area contributed by atoms with E-state index < -0.39 is 11.7 Å². The van der Waals surface area contributed by atoms with Gasteiger partial charge in [-0.3, -0.25) is 4.79 Å². The monoisotopic (exact) mass is 343 g/mol. The molecule has 0 unspecified atom stereocenters. The lowest BCUT2D eigenvalue weighted by molar-refractivity contribution is -0.137. The molecule has 0 aromatic carbocycles. The molecule has 1 aliphatic rings. The van der Waals surface area contributed by atoms with E-state index in [4.69, 9.17) is 0 Å². The highest BCUT2D eigenvalue weighted by molar-refractivity contribution is 5.79. The number of hydrogen-bond acceptors (Lipinski definition) is 3. The zero-order valence-electron chi connectivity index (χ0n) is 14.2. The molecule has 1 atom stereocenters. The molecular formula is C17H24F3N3O. The van der Waals surface area contributed by atoms with Gasteiger partial charge in [-0.1, -0.05) is 13.8 Å². The molecule has 0 radical (unpaired) electrons. The molecule has 2 heterocycles. The van der Waals surface area contributed by atoms with E-state index in [-0.39, 0.29) is 17.9 Å². The average molecular weight is 343 g/mol. The maximum absolute atomic E-state index is 12.6. The van der Waals surface area contributed by atoms with Crippen molar-refractivity contribution in [1.29, 1.82) is 0 Å². The summed E-state index contributed by atoms with van der Waals surface area (Å²) in [6.07, 6.45) is -2.15. The van der Waals surface area contributed by atoms with Crippen LogP contribution in [0, 0.1) is 11.8 Å². The maximum atomic E-state index is 12.6. The Kier molecular flexibility index (Phi) is 5.72. The van der Waals surface area contributed by atoms with Crippen molar-refractivity contribution in [2.75, 3.05) is 18.0 Å². The van der Waals surface area contributed by atoms with E-state index in [2.05, 4.69) is 24.1 Å². The molecule has 0 spiro atoms. The topological polar surface area (TPSA) is 45.2 Å². The second-order valence-electron chi connectivity index (χ2n) is 6.71. The third-order valence-corrected chi connectivity index (χ3v) is 4.63. The molecule has 2 rings (SSSR count). The van der Waals surface area contributed by atoms with E-state index in [1.165, 1.54) is 6.07 Å². The fraction of sp³-hybridized carbons (Fsp3) is 0.647. The smallest absolute Gasteiger partial charge is 0.357 e. The molecule has 1 aliphatic heterocycles. The van der Waals surface area contributed by atoms with E-state index in [0.717, 1.165) is 12.3 Å². The predicted octanol–water partition coefficient (Wildman–Crippen LogP) is 3.48. The first-order valence-corrected chi connectivity index (χ1v) is 8.27. The van der Waals surface area contributed by atoms with Crippen LogP contribution in [-0.4, -0.2) is 30.0 Å². The molecule has 1 N–H and O–H groups in total. The Morgan fingerprint density at radius 3 is 2.33 bits per heavy atom. The standard InChI is InChI=1S/C17H24F3N3O/c1-11(2)12(3)22-16(24)13-6-8-23(9-7-13)15-5-4-14(10-21-15)17(18,19)20/h4-5,10-13H,6-9H2,1-3H3,(H,22,24)/t12-/m0/s1. The van der Waals surface area contributed by atoms with Gasteiger partial charge in [0, 0.05) is 31.2 Å². The van der Waals surface area contributed by atoms with E-state index in [1.807, 2.05) is 11.8 Å². The van der Waals surface area contributed by atoms with Crippen LogP contribution in [-0.2, 0) is 11.0 Å². The lowest BCUT2D eigenvalue weighted by Gasteiger charge is -2.33. The number of pyridine rings is 1. The first-order chi connectivity index (χ1) is 11.2. The number of carbonyl (C=O) groups excluding carboxylic acids is 1. The van der Waals surface area contributed by atoms with Crippen molar-refractivity contribution in [1.82, 2.24) is 10.3 Å². The van der Waals surface area contributed by atoms with Gasteiger partial charge in [0.1, 0.15) is 5.82 Å². The Hall–Kier alpha value is -1.79. The number of nitrogens with one attached hydrogen (secondary N) is 1. The second kappa shape index (κ2) is 7.40. The molecule has 0 saturated carbocycles. The number of rotatable bonds is 4. The summed E-state index contributed by atoms with van der Waals surface area (Å²) in [5.41, 5.74) is -0.747. The number of alkyl halides is 3. The van der Waals surface area contributed by atoms with Gasteiger partial charge in [0.2, 0.25) is 5.91 Å². The number of aromatic nitrogens is 1. The largest absolute Gasteiger partial charge is 0.417 e. The summed E-state index contributed by atoms with van der Waals surface area (Å²) in [6.45, 7) is 7.34. The van der Waals surface area contributed by atoms with Gasteiger partial charge in [-0.15, -0.1) is 0 Å². The maximum Gasteiger partial charge on any atom is 0.417 e. The minimum Gasteiger partial charge on any atom is -0.357 e. The first-order valence-electron chi connectivity index (χ1n) is 8.27. The first kappa shape index (κ1) is 18.5. The predicted molar refractivity (Wildman–Crippen MR) is 86.6 cm³/mol. The highest BCUT2D eigenvalue weighted by Gasteiger charge is 2.31. The van der Waals surface area contributed by atoms with Crippen molar-refractivity contribution < 1.29 is 18.0 Å². The minimum absolute atomic E-state index is 0.0445. The fourth-order valence-corrected chi connectivity index (χ4v) is 2.62. The quantitative estimate of drug-likeness (QED) is 0.910. The van der Waals surface area contributed by atoms with Crippen LogP contribution in [0.4, 0.5) is 19.0 Å². The fourth-order valence-electron chi connectivity index (χ4n) is 2.62. The molecule has 1 amide bonds. The van der Waals surface area contributed by atoms with Crippen LogP contribution in [0.1, 0.15) is 39.2 Å². The van der Waals surface area contributed by atoms with E-state index in [1.54, 1.807) is 0 Å². The summed E-state index contributed by atoms with van der Waals surface area (Å²) in [7, 11) is 0. The van der Waals surface area contributed by atoms with E-state index >= 15 is 0 Å².